The first-order valence-electron chi connectivity index (χ1n) is 20.5. The van der Waals surface area contributed by atoms with Crippen molar-refractivity contribution in [3.05, 3.63) is 0 Å². The number of methoxy groups -OCH3 is 2. The molecular weight excluding hydrogens is 704 g/mol. The Morgan fingerprint density at radius 1 is 0.815 bits per heavy atom. The van der Waals surface area contributed by atoms with E-state index in [0.717, 1.165) is 25.7 Å². The quantitative estimate of drug-likeness (QED) is 0.131. The number of aliphatic hydroxyl groups is 8. The van der Waals surface area contributed by atoms with Gasteiger partial charge >= 0.3 is 0 Å². The summed E-state index contributed by atoms with van der Waals surface area (Å²) in [5.74, 6) is -0.897. The van der Waals surface area contributed by atoms with Crippen molar-refractivity contribution < 1.29 is 69.3 Å². The minimum absolute atomic E-state index is 0.0103. The average Bonchev–Trinajstić information content (AvgIpc) is 3.53. The highest BCUT2D eigenvalue weighted by atomic mass is 16.8. The Morgan fingerprint density at radius 3 is 2.17 bits per heavy atom. The van der Waals surface area contributed by atoms with Crippen molar-refractivity contribution in [2.75, 3.05) is 34.0 Å². The van der Waals surface area contributed by atoms with E-state index < -0.39 is 97.2 Å². The van der Waals surface area contributed by atoms with Crippen LogP contribution in [0.2, 0.25) is 0 Å². The third-order valence-electron chi connectivity index (χ3n) is 15.6. The molecule has 0 aromatic rings. The van der Waals surface area contributed by atoms with Gasteiger partial charge in [-0.25, -0.2) is 0 Å². The maximum atomic E-state index is 12.7. The molecule has 0 bridgehead atoms. The van der Waals surface area contributed by atoms with E-state index in [1.54, 1.807) is 0 Å². The second-order valence-corrected chi connectivity index (χ2v) is 18.8. The number of ether oxygens (including phenoxy) is 6. The van der Waals surface area contributed by atoms with E-state index in [4.69, 9.17) is 28.4 Å². The van der Waals surface area contributed by atoms with Crippen LogP contribution in [0.15, 0.2) is 0 Å². The fourth-order valence-electron chi connectivity index (χ4n) is 12.6. The zero-order valence-electron chi connectivity index (χ0n) is 33.3. The molecule has 4 saturated carbocycles. The van der Waals surface area contributed by atoms with Gasteiger partial charge in [0, 0.05) is 26.6 Å². The lowest BCUT2D eigenvalue weighted by Gasteiger charge is -2.65. The molecule has 2 aliphatic heterocycles. The molecule has 0 amide bonds. The summed E-state index contributed by atoms with van der Waals surface area (Å²) in [6.45, 7) is 10.4. The lowest BCUT2D eigenvalue weighted by Crippen LogP contribution is -2.68. The average molecular weight is 775 g/mol. The fraction of sp³-hybridized carbons (Fsp3) is 1.00. The van der Waals surface area contributed by atoms with Crippen molar-refractivity contribution in [1.29, 1.82) is 0 Å². The first kappa shape index (κ1) is 43.0. The number of hydrogen-bond donors (Lipinski definition) is 8. The number of aliphatic hydroxyl groups excluding tert-OH is 7. The Hall–Kier alpha value is -0.560. The van der Waals surface area contributed by atoms with Crippen molar-refractivity contribution in [3.8, 4) is 0 Å². The normalized spacial score (nSPS) is 51.8. The third kappa shape index (κ3) is 7.35. The molecule has 14 heteroatoms. The van der Waals surface area contributed by atoms with Gasteiger partial charge in [0.05, 0.1) is 49.8 Å². The second kappa shape index (κ2) is 16.6. The molecule has 2 saturated heterocycles. The number of rotatable bonds is 13. The van der Waals surface area contributed by atoms with E-state index in [1.807, 2.05) is 0 Å². The molecule has 6 rings (SSSR count). The monoisotopic (exact) mass is 774 g/mol. The van der Waals surface area contributed by atoms with Gasteiger partial charge in [0.1, 0.15) is 36.6 Å². The topological polar surface area (TPSA) is 217 Å². The molecule has 8 N–H and O–H groups in total. The molecule has 6 aliphatic rings. The van der Waals surface area contributed by atoms with Gasteiger partial charge < -0.3 is 69.3 Å². The predicted molar refractivity (Wildman–Crippen MR) is 193 cm³/mol. The molecule has 0 radical (unpaired) electrons. The van der Waals surface area contributed by atoms with Gasteiger partial charge in [-0.2, -0.15) is 0 Å². The fourth-order valence-corrected chi connectivity index (χ4v) is 12.6. The first-order valence-corrected chi connectivity index (χ1v) is 20.5. The zero-order valence-corrected chi connectivity index (χ0v) is 33.3. The standard InChI is InChI=1S/C40H70O14/c1-19(2)21(17-51-37-34(29(44)25(16-41)53-37)54-36-33(50-7)30(45)26(49-6)18-52-36)9-8-20(3)28-31(46)32(47)35-39(28,5)13-11-27-38(4)12-10-22(42)14-23(38)24(43)15-40(27,35)48/h19-37,41-48H,8-18H2,1-7H3/t20-,21?,22+,23-,24+,25?,26?,27-,28+,29?,30?,31-,32-,33?,34?,35-,36?,37?,38+,39-,40+/m1/s1. The summed E-state index contributed by atoms with van der Waals surface area (Å²) in [6, 6.07) is 0. The smallest absolute Gasteiger partial charge is 0.187 e. The van der Waals surface area contributed by atoms with Crippen LogP contribution in [0.5, 0.6) is 0 Å². The van der Waals surface area contributed by atoms with Crippen LogP contribution in [-0.2, 0) is 28.4 Å². The van der Waals surface area contributed by atoms with Crippen LogP contribution in [-0.4, -0.2) is 154 Å². The number of hydrogen-bond acceptors (Lipinski definition) is 14. The SMILES string of the molecule is COC1COC(OC2C(OCC(CC[C@@H](C)[C@H]3[C@@H](O)[C@@H](O)[C@@H]4[C@]3(C)CC[C@@H]3[C@@]5(C)CC[C@H](O)C[C@@H]5[C@@H](O)C[C@]34O)C(C)C)OC(CO)C2O)C(OC)C1O. The summed E-state index contributed by atoms with van der Waals surface area (Å²) in [4.78, 5) is 0. The minimum Gasteiger partial charge on any atom is -0.394 e. The maximum Gasteiger partial charge on any atom is 0.187 e. The molecule has 54 heavy (non-hydrogen) atoms. The minimum atomic E-state index is -1.34. The summed E-state index contributed by atoms with van der Waals surface area (Å²) in [5.41, 5.74) is -2.26. The van der Waals surface area contributed by atoms with E-state index in [2.05, 4.69) is 34.6 Å². The molecular formula is C40H70O14. The molecule has 0 aromatic heterocycles. The van der Waals surface area contributed by atoms with Crippen molar-refractivity contribution in [2.24, 2.45) is 52.3 Å². The molecule has 21 atom stereocenters. The highest BCUT2D eigenvalue weighted by Gasteiger charge is 2.72. The lowest BCUT2D eigenvalue weighted by molar-refractivity contribution is -0.310. The van der Waals surface area contributed by atoms with Crippen LogP contribution >= 0.6 is 0 Å². The molecule has 6 fully saturated rings. The third-order valence-corrected chi connectivity index (χ3v) is 15.6. The van der Waals surface area contributed by atoms with E-state index >= 15 is 0 Å². The van der Waals surface area contributed by atoms with Gasteiger partial charge in [-0.1, -0.05) is 34.6 Å². The second-order valence-electron chi connectivity index (χ2n) is 18.8. The van der Waals surface area contributed by atoms with Crippen LogP contribution in [0, 0.1) is 52.3 Å². The molecule has 14 nitrogen and oxygen atoms in total. The van der Waals surface area contributed by atoms with Gasteiger partial charge in [0.25, 0.3) is 0 Å². The maximum absolute atomic E-state index is 12.7. The summed E-state index contributed by atoms with van der Waals surface area (Å²) in [5, 5.41) is 89.8. The molecule has 9 unspecified atom stereocenters. The Balaban J connectivity index is 1.11. The highest BCUT2D eigenvalue weighted by molar-refractivity contribution is 5.21. The van der Waals surface area contributed by atoms with Crippen molar-refractivity contribution in [3.63, 3.8) is 0 Å². The van der Waals surface area contributed by atoms with Crippen LogP contribution in [0.3, 0.4) is 0 Å². The van der Waals surface area contributed by atoms with Crippen LogP contribution in [0.4, 0.5) is 0 Å². The van der Waals surface area contributed by atoms with Gasteiger partial charge in [-0.15, -0.1) is 0 Å². The van der Waals surface area contributed by atoms with Gasteiger partial charge in [0.2, 0.25) is 0 Å². The van der Waals surface area contributed by atoms with Gasteiger partial charge in [0.15, 0.2) is 12.6 Å². The lowest BCUT2D eigenvalue weighted by atomic mass is 9.42. The van der Waals surface area contributed by atoms with E-state index in [0.29, 0.717) is 19.3 Å². The Bertz CT molecular complexity index is 1240. The number of fused-ring (bicyclic) bond motifs is 5. The molecule has 0 spiro atoms. The predicted octanol–water partition coefficient (Wildman–Crippen LogP) is 0.949. The largest absolute Gasteiger partial charge is 0.394 e. The first-order chi connectivity index (χ1) is 25.5. The summed E-state index contributed by atoms with van der Waals surface area (Å²) in [7, 11) is 2.89. The van der Waals surface area contributed by atoms with E-state index in [1.165, 1.54) is 14.2 Å². The molecule has 2 heterocycles. The molecule has 314 valence electrons. The van der Waals surface area contributed by atoms with Gasteiger partial charge in [-0.05, 0) is 91.3 Å². The van der Waals surface area contributed by atoms with Gasteiger partial charge in [-0.3, -0.25) is 0 Å². The summed E-state index contributed by atoms with van der Waals surface area (Å²) >= 11 is 0. The zero-order chi connectivity index (χ0) is 39.5. The summed E-state index contributed by atoms with van der Waals surface area (Å²) < 4.78 is 34.9. The van der Waals surface area contributed by atoms with Crippen LogP contribution < -0.4 is 0 Å². The van der Waals surface area contributed by atoms with E-state index in [-0.39, 0.29) is 60.6 Å². The van der Waals surface area contributed by atoms with Crippen molar-refractivity contribution in [1.82, 2.24) is 0 Å². The Labute approximate surface area is 320 Å². The molecule has 0 aromatic carbocycles. The van der Waals surface area contributed by atoms with Crippen LogP contribution in [0.25, 0.3) is 0 Å². The Kier molecular flexibility index (Phi) is 13.2. The Morgan fingerprint density at radius 2 is 1.52 bits per heavy atom. The molecule has 4 aliphatic carbocycles. The van der Waals surface area contributed by atoms with Crippen LogP contribution in [0.1, 0.15) is 86.0 Å². The highest BCUT2D eigenvalue weighted by Crippen LogP contribution is 2.70. The summed E-state index contributed by atoms with van der Waals surface area (Å²) in [6.07, 6.45) is -6.32. The van der Waals surface area contributed by atoms with E-state index in [9.17, 15) is 40.9 Å². The van der Waals surface area contributed by atoms with Crippen molar-refractivity contribution >= 4 is 0 Å². The van der Waals surface area contributed by atoms with Crippen molar-refractivity contribution in [2.45, 2.75) is 165 Å².